The quantitative estimate of drug-likeness (QED) is 0.381. The van der Waals surface area contributed by atoms with E-state index in [1.807, 2.05) is 36.4 Å². The molecular weight excluding hydrogens is 431 g/mol. The number of amides is 2. The largest absolute Gasteiger partial charge is 0.489 e. The molecule has 0 saturated heterocycles. The second-order valence-corrected chi connectivity index (χ2v) is 7.80. The minimum absolute atomic E-state index is 0.0494. The average Bonchev–Trinajstić information content (AvgIpc) is 2.86. The Hall–Kier alpha value is -4.50. The van der Waals surface area contributed by atoms with E-state index < -0.39 is 11.8 Å². The monoisotopic (exact) mass is 452 g/mol. The maximum Gasteiger partial charge on any atom is 0.271 e. The summed E-state index contributed by atoms with van der Waals surface area (Å²) in [5, 5.41) is 9.56. The number of carbonyl (C=O) groups is 2. The molecule has 1 heterocycles. The average molecular weight is 452 g/mol. The van der Waals surface area contributed by atoms with E-state index in [1.165, 1.54) is 6.07 Å². The standard InChI is InChI=1S/C28H21FN2O3/c1-19-24(27(32)31(28(33)25(19)16-30)17-21-7-3-2-4-8-21)15-20-11-13-23(14-12-20)34-18-22-9-5-6-10-26(22)29/h2-15H,17-18H2,1H3/b24-15+. The van der Waals surface area contributed by atoms with Gasteiger partial charge in [-0.3, -0.25) is 14.5 Å². The van der Waals surface area contributed by atoms with E-state index in [0.29, 0.717) is 22.4 Å². The molecule has 3 aromatic rings. The number of rotatable bonds is 6. The molecule has 0 aromatic heterocycles. The molecule has 5 nitrogen and oxygen atoms in total. The first-order valence-electron chi connectivity index (χ1n) is 10.7. The smallest absolute Gasteiger partial charge is 0.271 e. The van der Waals surface area contributed by atoms with Crippen molar-refractivity contribution in [1.29, 1.82) is 5.26 Å². The molecule has 0 unspecified atom stereocenters. The highest BCUT2D eigenvalue weighted by molar-refractivity contribution is 6.19. The van der Waals surface area contributed by atoms with Gasteiger partial charge in [-0.2, -0.15) is 5.26 Å². The van der Waals surface area contributed by atoms with Gasteiger partial charge in [-0.25, -0.2) is 4.39 Å². The summed E-state index contributed by atoms with van der Waals surface area (Å²) >= 11 is 0. The van der Waals surface area contributed by atoms with E-state index >= 15 is 0 Å². The van der Waals surface area contributed by atoms with Crippen LogP contribution in [0.3, 0.4) is 0 Å². The Bertz CT molecular complexity index is 1340. The normalized spacial score (nSPS) is 15.0. The Morgan fingerprint density at radius 1 is 0.941 bits per heavy atom. The third-order valence-electron chi connectivity index (χ3n) is 5.55. The molecule has 0 spiro atoms. The zero-order valence-electron chi connectivity index (χ0n) is 18.5. The lowest BCUT2D eigenvalue weighted by Crippen LogP contribution is -2.42. The van der Waals surface area contributed by atoms with Crippen molar-refractivity contribution >= 4 is 17.9 Å². The molecule has 1 aliphatic rings. The fourth-order valence-electron chi connectivity index (χ4n) is 3.64. The van der Waals surface area contributed by atoms with Crippen LogP contribution in [0.4, 0.5) is 4.39 Å². The van der Waals surface area contributed by atoms with Gasteiger partial charge in [0, 0.05) is 11.1 Å². The maximum atomic E-state index is 13.8. The number of nitriles is 1. The molecule has 0 fully saturated rings. The number of hydrogen-bond donors (Lipinski definition) is 0. The molecule has 3 aromatic carbocycles. The molecule has 0 bridgehead atoms. The first-order chi connectivity index (χ1) is 16.5. The minimum atomic E-state index is -0.595. The van der Waals surface area contributed by atoms with Crippen molar-refractivity contribution in [3.05, 3.63) is 118 Å². The van der Waals surface area contributed by atoms with Gasteiger partial charge in [0.25, 0.3) is 11.8 Å². The highest BCUT2D eigenvalue weighted by Crippen LogP contribution is 2.28. The molecule has 4 rings (SSSR count). The molecule has 0 N–H and O–H groups in total. The van der Waals surface area contributed by atoms with Gasteiger partial charge in [0.15, 0.2) is 0 Å². The topological polar surface area (TPSA) is 70.4 Å². The highest BCUT2D eigenvalue weighted by Gasteiger charge is 2.35. The van der Waals surface area contributed by atoms with Crippen LogP contribution in [-0.2, 0) is 22.7 Å². The van der Waals surface area contributed by atoms with Gasteiger partial charge in [0.05, 0.1) is 6.54 Å². The summed E-state index contributed by atoms with van der Waals surface area (Å²) in [6, 6.07) is 24.5. The second-order valence-electron chi connectivity index (χ2n) is 7.80. The van der Waals surface area contributed by atoms with Crippen LogP contribution in [0.5, 0.6) is 5.75 Å². The van der Waals surface area contributed by atoms with Gasteiger partial charge in [0.1, 0.15) is 29.8 Å². The summed E-state index contributed by atoms with van der Waals surface area (Å²) in [6.45, 7) is 1.78. The van der Waals surface area contributed by atoms with Crippen molar-refractivity contribution in [2.24, 2.45) is 0 Å². The number of ether oxygens (including phenoxy) is 1. The number of benzene rings is 3. The highest BCUT2D eigenvalue weighted by atomic mass is 19.1. The van der Waals surface area contributed by atoms with Crippen molar-refractivity contribution in [1.82, 2.24) is 4.90 Å². The number of halogens is 1. The van der Waals surface area contributed by atoms with Crippen molar-refractivity contribution in [2.45, 2.75) is 20.1 Å². The molecule has 0 saturated carbocycles. The number of hydrogen-bond acceptors (Lipinski definition) is 4. The van der Waals surface area contributed by atoms with Crippen LogP contribution in [0.2, 0.25) is 0 Å². The van der Waals surface area contributed by atoms with Crippen LogP contribution in [-0.4, -0.2) is 16.7 Å². The predicted molar refractivity (Wildman–Crippen MR) is 125 cm³/mol. The van der Waals surface area contributed by atoms with Gasteiger partial charge in [-0.1, -0.05) is 60.7 Å². The lowest BCUT2D eigenvalue weighted by Gasteiger charge is -2.27. The molecule has 0 aliphatic carbocycles. The molecule has 6 heteroatoms. The predicted octanol–water partition coefficient (Wildman–Crippen LogP) is 5.20. The van der Waals surface area contributed by atoms with Crippen LogP contribution in [0.25, 0.3) is 6.08 Å². The van der Waals surface area contributed by atoms with E-state index in [0.717, 1.165) is 10.5 Å². The van der Waals surface area contributed by atoms with Gasteiger partial charge < -0.3 is 4.74 Å². The van der Waals surface area contributed by atoms with Crippen molar-refractivity contribution in [3.63, 3.8) is 0 Å². The van der Waals surface area contributed by atoms with Crippen LogP contribution >= 0.6 is 0 Å². The fourth-order valence-corrected chi connectivity index (χ4v) is 3.64. The van der Waals surface area contributed by atoms with Crippen LogP contribution in [0.1, 0.15) is 23.6 Å². The first kappa shape index (κ1) is 22.7. The Morgan fingerprint density at radius 2 is 1.62 bits per heavy atom. The summed E-state index contributed by atoms with van der Waals surface area (Å²) in [5.74, 6) is -0.829. The number of imide groups is 1. The summed E-state index contributed by atoms with van der Waals surface area (Å²) in [6.07, 6.45) is 1.65. The second kappa shape index (κ2) is 9.97. The molecule has 1 aliphatic heterocycles. The first-order valence-corrected chi connectivity index (χ1v) is 10.7. The molecule has 34 heavy (non-hydrogen) atoms. The molecular formula is C28H21FN2O3. The number of carbonyl (C=O) groups excluding carboxylic acids is 2. The minimum Gasteiger partial charge on any atom is -0.489 e. The molecule has 0 atom stereocenters. The maximum absolute atomic E-state index is 13.8. The Morgan fingerprint density at radius 3 is 2.29 bits per heavy atom. The summed E-state index contributed by atoms with van der Waals surface area (Å²) in [4.78, 5) is 27.1. The van der Waals surface area contributed by atoms with Gasteiger partial charge in [0.2, 0.25) is 0 Å². The number of nitrogens with zero attached hydrogens (tertiary/aromatic N) is 2. The Balaban J connectivity index is 1.57. The van der Waals surface area contributed by atoms with Gasteiger partial charge >= 0.3 is 0 Å². The fraction of sp³-hybridized carbons (Fsp3) is 0.107. The summed E-state index contributed by atoms with van der Waals surface area (Å²) < 4.78 is 19.4. The van der Waals surface area contributed by atoms with Gasteiger partial charge in [-0.15, -0.1) is 0 Å². The van der Waals surface area contributed by atoms with Crippen molar-refractivity contribution < 1.29 is 18.7 Å². The van der Waals surface area contributed by atoms with E-state index in [2.05, 4.69) is 0 Å². The van der Waals surface area contributed by atoms with Crippen molar-refractivity contribution in [2.75, 3.05) is 0 Å². The molecule has 0 radical (unpaired) electrons. The third-order valence-corrected chi connectivity index (χ3v) is 5.55. The van der Waals surface area contributed by atoms with E-state index in [1.54, 1.807) is 55.5 Å². The van der Waals surface area contributed by atoms with Crippen LogP contribution < -0.4 is 4.74 Å². The van der Waals surface area contributed by atoms with Gasteiger partial charge in [-0.05, 0) is 47.9 Å². The lowest BCUT2D eigenvalue weighted by atomic mass is 9.93. The van der Waals surface area contributed by atoms with E-state index in [9.17, 15) is 19.2 Å². The third kappa shape index (κ3) is 4.79. The van der Waals surface area contributed by atoms with Crippen LogP contribution in [0.15, 0.2) is 95.6 Å². The molecule has 2 amide bonds. The Labute approximate surface area is 197 Å². The van der Waals surface area contributed by atoms with E-state index in [4.69, 9.17) is 4.74 Å². The van der Waals surface area contributed by atoms with E-state index in [-0.39, 0.29) is 30.1 Å². The Kier molecular flexibility index (Phi) is 6.65. The zero-order valence-corrected chi connectivity index (χ0v) is 18.5. The lowest BCUT2D eigenvalue weighted by molar-refractivity contribution is -0.141. The van der Waals surface area contributed by atoms with Crippen LogP contribution in [0, 0.1) is 17.1 Å². The molecule has 168 valence electrons. The SMILES string of the molecule is CC1=C(C#N)C(=O)N(Cc2ccccc2)C(=O)/C1=C/c1ccc(OCc2ccccc2F)cc1. The van der Waals surface area contributed by atoms with Crippen molar-refractivity contribution in [3.8, 4) is 11.8 Å². The summed E-state index contributed by atoms with van der Waals surface area (Å²) in [5.41, 5.74) is 2.53. The zero-order chi connectivity index (χ0) is 24.1. The summed E-state index contributed by atoms with van der Waals surface area (Å²) in [7, 11) is 0.